The van der Waals surface area contributed by atoms with Crippen LogP contribution in [0, 0.1) is 6.92 Å². The van der Waals surface area contributed by atoms with E-state index in [1.165, 1.54) is 0 Å². The molecule has 1 aliphatic heterocycles. The molecule has 0 bridgehead atoms. The van der Waals surface area contributed by atoms with E-state index in [0.717, 1.165) is 18.1 Å². The average Bonchev–Trinajstić information content (AvgIpc) is 2.18. The molecule has 0 aliphatic carbocycles. The first-order valence-corrected chi connectivity index (χ1v) is 5.58. The number of nitrogens with zero attached hydrogens (tertiary/aromatic N) is 3. The minimum absolute atomic E-state index is 0.0299. The molecule has 5 nitrogen and oxygen atoms in total. The van der Waals surface area contributed by atoms with E-state index in [1.807, 2.05) is 11.8 Å². The van der Waals surface area contributed by atoms with E-state index >= 15 is 0 Å². The van der Waals surface area contributed by atoms with Crippen LogP contribution in [0.15, 0.2) is 0 Å². The van der Waals surface area contributed by atoms with Gasteiger partial charge in [0.15, 0.2) is 5.82 Å². The molecule has 0 spiro atoms. The van der Waals surface area contributed by atoms with Gasteiger partial charge >= 0.3 is 0 Å². The van der Waals surface area contributed by atoms with Gasteiger partial charge in [0.05, 0.1) is 6.61 Å². The van der Waals surface area contributed by atoms with E-state index in [9.17, 15) is 0 Å². The van der Waals surface area contributed by atoms with Crippen molar-refractivity contribution in [2.45, 2.75) is 13.0 Å². The zero-order valence-corrected chi connectivity index (χ0v) is 8.75. The van der Waals surface area contributed by atoms with Crippen LogP contribution in [0.2, 0.25) is 0 Å². The van der Waals surface area contributed by atoms with Crippen molar-refractivity contribution in [3.05, 3.63) is 11.6 Å². The number of nitrogen functional groups attached to an aromatic ring is 1. The third-order valence-electron chi connectivity index (χ3n) is 1.89. The second-order valence-electron chi connectivity index (χ2n) is 3.03. The van der Waals surface area contributed by atoms with Gasteiger partial charge in [-0.15, -0.1) is 0 Å². The maximum atomic E-state index is 5.54. The van der Waals surface area contributed by atoms with E-state index in [0.29, 0.717) is 11.6 Å². The van der Waals surface area contributed by atoms with Crippen LogP contribution in [0.5, 0.6) is 0 Å². The molecule has 0 saturated carbocycles. The fourth-order valence-corrected chi connectivity index (χ4v) is 2.14. The zero-order valence-electron chi connectivity index (χ0n) is 7.93. The first-order valence-electron chi connectivity index (χ1n) is 4.43. The number of hydrogen-bond acceptors (Lipinski definition) is 6. The molecule has 1 aromatic rings. The van der Waals surface area contributed by atoms with Crippen LogP contribution in [-0.4, -0.2) is 33.1 Å². The highest BCUT2D eigenvalue weighted by molar-refractivity contribution is 7.99. The molecule has 1 fully saturated rings. The highest BCUT2D eigenvalue weighted by Gasteiger charge is 2.19. The predicted molar refractivity (Wildman–Crippen MR) is 55.0 cm³/mol. The summed E-state index contributed by atoms with van der Waals surface area (Å²) in [5.41, 5.74) is 5.54. The monoisotopic (exact) mass is 212 g/mol. The Morgan fingerprint density at radius 1 is 1.43 bits per heavy atom. The normalized spacial score (nSPS) is 22.2. The maximum absolute atomic E-state index is 5.54. The van der Waals surface area contributed by atoms with Gasteiger partial charge in [-0.05, 0) is 6.92 Å². The van der Waals surface area contributed by atoms with Crippen LogP contribution >= 0.6 is 11.8 Å². The standard InChI is InChI=1S/C8H12N4OS/c1-5-10-7(12-8(9)11-5)6-4-14-3-2-13-6/h6H,2-4H2,1H3,(H2,9,10,11,12). The van der Waals surface area contributed by atoms with Gasteiger partial charge in [-0.1, -0.05) is 0 Å². The number of anilines is 1. The summed E-state index contributed by atoms with van der Waals surface area (Å²) in [4.78, 5) is 12.2. The number of nitrogens with two attached hydrogens (primary N) is 1. The van der Waals surface area contributed by atoms with Gasteiger partial charge in [-0.3, -0.25) is 0 Å². The lowest BCUT2D eigenvalue weighted by molar-refractivity contribution is 0.0692. The van der Waals surface area contributed by atoms with Gasteiger partial charge in [0, 0.05) is 11.5 Å². The summed E-state index contributed by atoms with van der Waals surface area (Å²) in [5, 5.41) is 0. The molecular formula is C8H12N4OS. The van der Waals surface area contributed by atoms with E-state index in [1.54, 1.807) is 6.92 Å². The summed E-state index contributed by atoms with van der Waals surface area (Å²) in [7, 11) is 0. The van der Waals surface area contributed by atoms with Crippen molar-refractivity contribution < 1.29 is 4.74 Å². The van der Waals surface area contributed by atoms with Crippen molar-refractivity contribution in [2.75, 3.05) is 23.8 Å². The van der Waals surface area contributed by atoms with Crippen LogP contribution in [0.3, 0.4) is 0 Å². The van der Waals surface area contributed by atoms with Crippen LogP contribution in [-0.2, 0) is 4.74 Å². The summed E-state index contributed by atoms with van der Waals surface area (Å²) in [5.74, 6) is 3.50. The molecule has 2 N–H and O–H groups in total. The Balaban J connectivity index is 2.21. The highest BCUT2D eigenvalue weighted by atomic mass is 32.2. The minimum atomic E-state index is -0.0299. The Bertz CT molecular complexity index is 307. The number of thioether (sulfide) groups is 1. The molecule has 14 heavy (non-hydrogen) atoms. The van der Waals surface area contributed by atoms with E-state index < -0.39 is 0 Å². The minimum Gasteiger partial charge on any atom is -0.368 e. The van der Waals surface area contributed by atoms with Crippen molar-refractivity contribution in [1.29, 1.82) is 0 Å². The molecule has 0 radical (unpaired) electrons. The molecule has 1 saturated heterocycles. The molecule has 1 aliphatic rings. The Hall–Kier alpha value is -0.880. The van der Waals surface area contributed by atoms with Gasteiger partial charge in [0.2, 0.25) is 5.95 Å². The Labute approximate surface area is 86.5 Å². The number of ether oxygens (including phenoxy) is 1. The van der Waals surface area contributed by atoms with Gasteiger partial charge in [0.1, 0.15) is 11.9 Å². The third kappa shape index (κ3) is 2.13. The lowest BCUT2D eigenvalue weighted by Crippen LogP contribution is -2.19. The quantitative estimate of drug-likeness (QED) is 0.733. The smallest absolute Gasteiger partial charge is 0.223 e. The molecule has 1 unspecified atom stereocenters. The Morgan fingerprint density at radius 2 is 2.29 bits per heavy atom. The molecule has 0 aromatic carbocycles. The van der Waals surface area contributed by atoms with Crippen molar-refractivity contribution in [2.24, 2.45) is 0 Å². The van der Waals surface area contributed by atoms with Gasteiger partial charge in [-0.2, -0.15) is 21.7 Å². The number of rotatable bonds is 1. The Morgan fingerprint density at radius 3 is 2.93 bits per heavy atom. The van der Waals surface area contributed by atoms with Crippen LogP contribution in [0.1, 0.15) is 17.8 Å². The topological polar surface area (TPSA) is 73.9 Å². The first-order chi connectivity index (χ1) is 6.75. The SMILES string of the molecule is Cc1nc(N)nc(C2CSCCO2)n1. The summed E-state index contributed by atoms with van der Waals surface area (Å²) >= 11 is 1.84. The molecular weight excluding hydrogens is 200 g/mol. The van der Waals surface area contributed by atoms with Gasteiger partial charge < -0.3 is 10.5 Å². The van der Waals surface area contributed by atoms with Crippen LogP contribution in [0.4, 0.5) is 5.95 Å². The van der Waals surface area contributed by atoms with Crippen molar-refractivity contribution in [3.63, 3.8) is 0 Å². The van der Waals surface area contributed by atoms with Gasteiger partial charge in [-0.25, -0.2) is 4.98 Å². The van der Waals surface area contributed by atoms with E-state index in [-0.39, 0.29) is 12.1 Å². The van der Waals surface area contributed by atoms with Crippen molar-refractivity contribution >= 4 is 17.7 Å². The van der Waals surface area contributed by atoms with Crippen LogP contribution < -0.4 is 5.73 Å². The largest absolute Gasteiger partial charge is 0.368 e. The highest BCUT2D eigenvalue weighted by Crippen LogP contribution is 2.24. The summed E-state index contributed by atoms with van der Waals surface area (Å²) in [6.45, 7) is 2.55. The molecule has 1 aromatic heterocycles. The third-order valence-corrected chi connectivity index (χ3v) is 2.88. The molecule has 2 heterocycles. The zero-order chi connectivity index (χ0) is 9.97. The second kappa shape index (κ2) is 4.10. The van der Waals surface area contributed by atoms with E-state index in [2.05, 4.69) is 15.0 Å². The number of aromatic nitrogens is 3. The molecule has 1 atom stereocenters. The summed E-state index contributed by atoms with van der Waals surface area (Å²) in [6.07, 6.45) is -0.0299. The summed E-state index contributed by atoms with van der Waals surface area (Å²) < 4.78 is 5.54. The van der Waals surface area contributed by atoms with Gasteiger partial charge in [0.25, 0.3) is 0 Å². The number of hydrogen-bond donors (Lipinski definition) is 1. The lowest BCUT2D eigenvalue weighted by Gasteiger charge is -2.20. The molecule has 0 amide bonds. The summed E-state index contributed by atoms with van der Waals surface area (Å²) in [6, 6.07) is 0. The van der Waals surface area contributed by atoms with Crippen molar-refractivity contribution in [1.82, 2.24) is 15.0 Å². The fraction of sp³-hybridized carbons (Fsp3) is 0.625. The second-order valence-corrected chi connectivity index (χ2v) is 4.18. The van der Waals surface area contributed by atoms with Crippen LogP contribution in [0.25, 0.3) is 0 Å². The Kier molecular flexibility index (Phi) is 2.83. The average molecular weight is 212 g/mol. The van der Waals surface area contributed by atoms with Crippen molar-refractivity contribution in [3.8, 4) is 0 Å². The predicted octanol–water partition coefficient (Wildman–Crippen LogP) is 0.567. The maximum Gasteiger partial charge on any atom is 0.223 e. The van der Waals surface area contributed by atoms with E-state index in [4.69, 9.17) is 10.5 Å². The first kappa shape index (κ1) is 9.67. The fourth-order valence-electron chi connectivity index (χ4n) is 1.30. The molecule has 6 heteroatoms. The molecule has 76 valence electrons. The number of aryl methyl sites for hydroxylation is 1. The molecule has 2 rings (SSSR count). The lowest BCUT2D eigenvalue weighted by atomic mass is 10.3.